The van der Waals surface area contributed by atoms with Gasteiger partial charge in [0.2, 0.25) is 0 Å². The van der Waals surface area contributed by atoms with E-state index >= 15 is 0 Å². The number of nitrogens with zero attached hydrogens (tertiary/aromatic N) is 1. The average Bonchev–Trinajstić information content (AvgIpc) is 2.89. The van der Waals surface area contributed by atoms with E-state index in [9.17, 15) is 5.11 Å². The first-order valence-corrected chi connectivity index (χ1v) is 7.93. The standard InChI is InChI=1S/C14H16Cl2N2OS/c1-3-11-7-18-14(20-11)8(2)17-6-9-4-10(15)5-12(16)13(9)19/h4-5,7-8,17,19H,3,6H2,1-2H3. The van der Waals surface area contributed by atoms with Gasteiger partial charge in [0.05, 0.1) is 11.1 Å². The summed E-state index contributed by atoms with van der Waals surface area (Å²) in [6, 6.07) is 3.35. The van der Waals surface area contributed by atoms with Gasteiger partial charge in [0.1, 0.15) is 10.8 Å². The van der Waals surface area contributed by atoms with Crippen LogP contribution in [0.1, 0.15) is 35.3 Å². The number of hydrogen-bond donors (Lipinski definition) is 2. The summed E-state index contributed by atoms with van der Waals surface area (Å²) >= 11 is 13.5. The molecule has 0 saturated heterocycles. The Morgan fingerprint density at radius 1 is 1.40 bits per heavy atom. The van der Waals surface area contributed by atoms with E-state index in [0.29, 0.717) is 17.1 Å². The maximum absolute atomic E-state index is 9.90. The fourth-order valence-corrected chi connectivity index (χ4v) is 3.21. The van der Waals surface area contributed by atoms with Crippen LogP contribution >= 0.6 is 34.5 Å². The molecule has 0 aliphatic rings. The van der Waals surface area contributed by atoms with Crippen molar-refractivity contribution < 1.29 is 5.11 Å². The first-order valence-electron chi connectivity index (χ1n) is 6.36. The first-order chi connectivity index (χ1) is 9.51. The van der Waals surface area contributed by atoms with E-state index in [4.69, 9.17) is 23.2 Å². The lowest BCUT2D eigenvalue weighted by molar-refractivity contribution is 0.460. The van der Waals surface area contributed by atoms with Gasteiger partial charge in [-0.15, -0.1) is 11.3 Å². The third-order valence-electron chi connectivity index (χ3n) is 3.00. The molecule has 0 saturated carbocycles. The largest absolute Gasteiger partial charge is 0.506 e. The molecule has 0 bridgehead atoms. The SMILES string of the molecule is CCc1cnc(C(C)NCc2cc(Cl)cc(Cl)c2O)s1. The zero-order chi connectivity index (χ0) is 14.7. The normalized spacial score (nSPS) is 12.6. The number of halogens is 2. The third-order valence-corrected chi connectivity index (χ3v) is 4.83. The summed E-state index contributed by atoms with van der Waals surface area (Å²) in [4.78, 5) is 5.66. The molecule has 3 nitrogen and oxygen atoms in total. The second kappa shape index (κ2) is 6.76. The molecule has 2 aromatic rings. The number of aromatic nitrogens is 1. The van der Waals surface area contributed by atoms with Crippen LogP contribution in [0.25, 0.3) is 0 Å². The highest BCUT2D eigenvalue weighted by atomic mass is 35.5. The molecule has 0 fully saturated rings. The second-order valence-corrected chi connectivity index (χ2v) is 6.51. The van der Waals surface area contributed by atoms with Crippen LogP contribution in [-0.2, 0) is 13.0 Å². The summed E-state index contributed by atoms with van der Waals surface area (Å²) < 4.78 is 0. The second-order valence-electron chi connectivity index (χ2n) is 4.52. The Kier molecular flexibility index (Phi) is 5.27. The molecule has 1 atom stereocenters. The fraction of sp³-hybridized carbons (Fsp3) is 0.357. The van der Waals surface area contributed by atoms with Gasteiger partial charge in [-0.2, -0.15) is 0 Å². The smallest absolute Gasteiger partial charge is 0.138 e. The number of aryl methyl sites for hydroxylation is 1. The minimum Gasteiger partial charge on any atom is -0.506 e. The summed E-state index contributed by atoms with van der Waals surface area (Å²) in [5, 5.41) is 15.0. The van der Waals surface area contributed by atoms with Gasteiger partial charge in [0.15, 0.2) is 0 Å². The molecular weight excluding hydrogens is 315 g/mol. The Labute approximate surface area is 132 Å². The third kappa shape index (κ3) is 3.64. The van der Waals surface area contributed by atoms with E-state index in [2.05, 4.69) is 17.2 Å². The van der Waals surface area contributed by atoms with Crippen molar-refractivity contribution in [3.05, 3.63) is 43.8 Å². The van der Waals surface area contributed by atoms with Crippen LogP contribution in [-0.4, -0.2) is 10.1 Å². The van der Waals surface area contributed by atoms with E-state index in [0.717, 1.165) is 11.4 Å². The molecule has 108 valence electrons. The van der Waals surface area contributed by atoms with Crippen molar-refractivity contribution in [2.75, 3.05) is 0 Å². The number of phenolic OH excluding ortho intramolecular Hbond substituents is 1. The molecule has 2 N–H and O–H groups in total. The van der Waals surface area contributed by atoms with Crippen LogP contribution in [0.2, 0.25) is 10.0 Å². The van der Waals surface area contributed by atoms with Gasteiger partial charge < -0.3 is 10.4 Å². The maximum Gasteiger partial charge on any atom is 0.138 e. The molecule has 0 radical (unpaired) electrons. The van der Waals surface area contributed by atoms with Gasteiger partial charge in [-0.05, 0) is 25.5 Å². The summed E-state index contributed by atoms with van der Waals surface area (Å²) in [6.45, 7) is 4.64. The predicted molar refractivity (Wildman–Crippen MR) is 84.9 cm³/mol. The monoisotopic (exact) mass is 330 g/mol. The quantitative estimate of drug-likeness (QED) is 0.844. The predicted octanol–water partition coefficient (Wildman–Crippen LogP) is 4.57. The maximum atomic E-state index is 9.90. The number of thiazole rings is 1. The molecule has 2 rings (SSSR count). The molecule has 0 amide bonds. The van der Waals surface area contributed by atoms with E-state index in [1.807, 2.05) is 13.1 Å². The molecule has 1 heterocycles. The topological polar surface area (TPSA) is 45.2 Å². The number of rotatable bonds is 5. The lowest BCUT2D eigenvalue weighted by atomic mass is 10.2. The molecule has 0 aliphatic heterocycles. The molecule has 1 unspecified atom stereocenters. The highest BCUT2D eigenvalue weighted by molar-refractivity contribution is 7.11. The van der Waals surface area contributed by atoms with Crippen LogP contribution in [0.3, 0.4) is 0 Å². The molecular formula is C14H16Cl2N2OS. The average molecular weight is 331 g/mol. The molecule has 0 aliphatic carbocycles. The van der Waals surface area contributed by atoms with Crippen molar-refractivity contribution in [3.8, 4) is 5.75 Å². The number of benzene rings is 1. The van der Waals surface area contributed by atoms with Crippen molar-refractivity contribution in [3.63, 3.8) is 0 Å². The van der Waals surface area contributed by atoms with Crippen molar-refractivity contribution >= 4 is 34.5 Å². The highest BCUT2D eigenvalue weighted by Gasteiger charge is 2.12. The van der Waals surface area contributed by atoms with Crippen LogP contribution in [0.15, 0.2) is 18.3 Å². The van der Waals surface area contributed by atoms with E-state index < -0.39 is 0 Å². The first kappa shape index (κ1) is 15.6. The summed E-state index contributed by atoms with van der Waals surface area (Å²) in [5.41, 5.74) is 0.682. The van der Waals surface area contributed by atoms with Crippen LogP contribution in [0.5, 0.6) is 5.75 Å². The van der Waals surface area contributed by atoms with Gasteiger partial charge in [-0.25, -0.2) is 4.98 Å². The lowest BCUT2D eigenvalue weighted by Crippen LogP contribution is -2.18. The number of nitrogens with one attached hydrogen (secondary N) is 1. The van der Waals surface area contributed by atoms with Crippen molar-refractivity contribution in [1.82, 2.24) is 10.3 Å². The Morgan fingerprint density at radius 3 is 2.80 bits per heavy atom. The minimum absolute atomic E-state index is 0.0733. The van der Waals surface area contributed by atoms with Gasteiger partial charge >= 0.3 is 0 Å². The molecule has 1 aromatic carbocycles. The molecule has 20 heavy (non-hydrogen) atoms. The Bertz CT molecular complexity index is 601. The van der Waals surface area contributed by atoms with Crippen molar-refractivity contribution in [2.24, 2.45) is 0 Å². The van der Waals surface area contributed by atoms with Gasteiger partial charge in [-0.1, -0.05) is 30.1 Å². The number of aromatic hydroxyl groups is 1. The van der Waals surface area contributed by atoms with E-state index in [1.165, 1.54) is 10.9 Å². The zero-order valence-corrected chi connectivity index (χ0v) is 13.6. The number of hydrogen-bond acceptors (Lipinski definition) is 4. The van der Waals surface area contributed by atoms with E-state index in [1.54, 1.807) is 17.4 Å². The Morgan fingerprint density at radius 2 is 2.15 bits per heavy atom. The minimum atomic E-state index is 0.0733. The summed E-state index contributed by atoms with van der Waals surface area (Å²) in [7, 11) is 0. The van der Waals surface area contributed by atoms with Gasteiger partial charge in [-0.3, -0.25) is 0 Å². The molecule has 1 aromatic heterocycles. The van der Waals surface area contributed by atoms with Crippen LogP contribution in [0, 0.1) is 0 Å². The number of phenols is 1. The fourth-order valence-electron chi connectivity index (χ4n) is 1.79. The van der Waals surface area contributed by atoms with Gasteiger partial charge in [0, 0.05) is 28.2 Å². The Hall–Kier alpha value is -0.810. The van der Waals surface area contributed by atoms with Crippen molar-refractivity contribution in [2.45, 2.75) is 32.9 Å². The van der Waals surface area contributed by atoms with Crippen molar-refractivity contribution in [1.29, 1.82) is 0 Å². The Balaban J connectivity index is 2.05. The zero-order valence-electron chi connectivity index (χ0n) is 11.3. The van der Waals surface area contributed by atoms with Crippen LogP contribution < -0.4 is 5.32 Å². The highest BCUT2D eigenvalue weighted by Crippen LogP contribution is 2.31. The molecule has 6 heteroatoms. The molecule has 0 spiro atoms. The van der Waals surface area contributed by atoms with E-state index in [-0.39, 0.29) is 16.8 Å². The lowest BCUT2D eigenvalue weighted by Gasteiger charge is -2.13. The summed E-state index contributed by atoms with van der Waals surface area (Å²) in [6.07, 6.45) is 2.90. The van der Waals surface area contributed by atoms with Crippen LogP contribution in [0.4, 0.5) is 0 Å². The van der Waals surface area contributed by atoms with Gasteiger partial charge in [0.25, 0.3) is 0 Å². The summed E-state index contributed by atoms with van der Waals surface area (Å²) in [5.74, 6) is 0.0733.